The monoisotopic (exact) mass is 236 g/mol. The minimum Gasteiger partial charge on any atom is -0.373 e. The van der Waals surface area contributed by atoms with E-state index in [0.29, 0.717) is 0 Å². The van der Waals surface area contributed by atoms with Gasteiger partial charge < -0.3 is 10.2 Å². The van der Waals surface area contributed by atoms with Crippen LogP contribution < -0.4 is 10.2 Å². The van der Waals surface area contributed by atoms with Gasteiger partial charge >= 0.3 is 0 Å². The highest BCUT2D eigenvalue weighted by Gasteiger charge is 2.25. The first kappa shape index (κ1) is 13.7. The van der Waals surface area contributed by atoms with E-state index >= 15 is 0 Å². The third-order valence-corrected chi connectivity index (χ3v) is 3.56. The molecule has 1 aromatic heterocycles. The van der Waals surface area contributed by atoms with Gasteiger partial charge in [0.2, 0.25) is 0 Å². The van der Waals surface area contributed by atoms with Crippen LogP contribution in [0.1, 0.15) is 38.6 Å². The summed E-state index contributed by atoms with van der Waals surface area (Å²) in [5.74, 6) is 2.72. The summed E-state index contributed by atoms with van der Waals surface area (Å²) >= 11 is 0. The molecular weight excluding hydrogens is 212 g/mol. The summed E-state index contributed by atoms with van der Waals surface area (Å²) in [5.41, 5.74) is 1.19. The molecule has 0 atom stereocenters. The predicted molar refractivity (Wildman–Crippen MR) is 73.8 cm³/mol. The zero-order valence-electron chi connectivity index (χ0n) is 12.0. The smallest absolute Gasteiger partial charge is 0.137 e. The highest BCUT2D eigenvalue weighted by Crippen LogP contribution is 2.28. The molecule has 0 radical (unpaired) electrons. The summed E-state index contributed by atoms with van der Waals surface area (Å²) < 4.78 is 0. The lowest BCUT2D eigenvalue weighted by molar-refractivity contribution is 0.466. The molecule has 0 fully saturated rings. The van der Waals surface area contributed by atoms with Crippen LogP contribution in [0.5, 0.6) is 0 Å². The maximum atomic E-state index is 4.57. The number of aromatic nitrogens is 2. The Morgan fingerprint density at radius 2 is 1.82 bits per heavy atom. The molecule has 0 aromatic carbocycles. The summed E-state index contributed by atoms with van der Waals surface area (Å²) in [5, 5.41) is 3.12. The third-order valence-electron chi connectivity index (χ3n) is 3.56. The van der Waals surface area contributed by atoms with Gasteiger partial charge in [-0.25, -0.2) is 9.97 Å². The fraction of sp³-hybridized carbons (Fsp3) is 0.692. The number of rotatable bonds is 4. The van der Waals surface area contributed by atoms with E-state index in [1.807, 2.05) is 14.0 Å². The first-order valence-electron chi connectivity index (χ1n) is 6.10. The Morgan fingerprint density at radius 3 is 2.29 bits per heavy atom. The molecule has 96 valence electrons. The van der Waals surface area contributed by atoms with Gasteiger partial charge in [0.25, 0.3) is 0 Å². The van der Waals surface area contributed by atoms with Crippen LogP contribution in [0.4, 0.5) is 11.6 Å². The number of hydrogen-bond acceptors (Lipinski definition) is 4. The Hall–Kier alpha value is -1.32. The second-order valence-corrected chi connectivity index (χ2v) is 5.04. The van der Waals surface area contributed by atoms with Crippen molar-refractivity contribution < 1.29 is 0 Å². The molecule has 0 aliphatic heterocycles. The standard InChI is InChI=1S/C13H24N4/c1-8-13(4,5)17(7)12-9(2)11(14-6)15-10(3)16-12/h8H2,1-7H3,(H,14,15,16). The Balaban J connectivity index is 3.26. The molecule has 1 N–H and O–H groups in total. The molecule has 0 aliphatic carbocycles. The minimum atomic E-state index is 0.0938. The third kappa shape index (κ3) is 2.68. The number of hydrogen-bond donors (Lipinski definition) is 1. The van der Waals surface area contributed by atoms with Gasteiger partial charge in [-0.1, -0.05) is 6.92 Å². The van der Waals surface area contributed by atoms with Crippen LogP contribution in [-0.4, -0.2) is 29.6 Å². The summed E-state index contributed by atoms with van der Waals surface area (Å²) in [4.78, 5) is 11.2. The van der Waals surface area contributed by atoms with Crippen LogP contribution in [0, 0.1) is 13.8 Å². The van der Waals surface area contributed by atoms with Crippen LogP contribution in [0.15, 0.2) is 0 Å². The molecule has 0 saturated heterocycles. The van der Waals surface area contributed by atoms with E-state index in [0.717, 1.165) is 29.4 Å². The molecule has 0 amide bonds. The van der Waals surface area contributed by atoms with E-state index in [9.17, 15) is 0 Å². The van der Waals surface area contributed by atoms with Gasteiger partial charge in [-0.2, -0.15) is 0 Å². The van der Waals surface area contributed by atoms with E-state index in [1.54, 1.807) is 0 Å². The predicted octanol–water partition coefficient (Wildman–Crippen LogP) is 2.76. The Bertz CT molecular complexity index is 399. The number of nitrogens with zero attached hydrogens (tertiary/aromatic N) is 3. The summed E-state index contributed by atoms with van der Waals surface area (Å²) in [7, 11) is 3.99. The van der Waals surface area contributed by atoms with Crippen molar-refractivity contribution in [2.45, 2.75) is 46.6 Å². The zero-order valence-corrected chi connectivity index (χ0v) is 12.0. The lowest BCUT2D eigenvalue weighted by Gasteiger charge is -2.37. The molecule has 0 unspecified atom stereocenters. The van der Waals surface area contributed by atoms with Crippen molar-refractivity contribution in [1.82, 2.24) is 9.97 Å². The van der Waals surface area contributed by atoms with Crippen molar-refractivity contribution in [1.29, 1.82) is 0 Å². The highest BCUT2D eigenvalue weighted by atomic mass is 15.2. The Kier molecular flexibility index (Phi) is 3.96. The molecule has 0 saturated carbocycles. The van der Waals surface area contributed by atoms with Gasteiger partial charge in [-0.05, 0) is 34.1 Å². The molecule has 17 heavy (non-hydrogen) atoms. The molecule has 1 aromatic rings. The molecule has 4 heteroatoms. The van der Waals surface area contributed by atoms with Crippen molar-refractivity contribution in [3.63, 3.8) is 0 Å². The zero-order chi connectivity index (χ0) is 13.2. The Labute approximate surface area is 104 Å². The summed E-state index contributed by atoms with van der Waals surface area (Å²) in [6.45, 7) is 10.6. The van der Waals surface area contributed by atoms with E-state index in [1.165, 1.54) is 0 Å². The molecule has 4 nitrogen and oxygen atoms in total. The first-order valence-corrected chi connectivity index (χ1v) is 6.10. The fourth-order valence-corrected chi connectivity index (χ4v) is 1.71. The largest absolute Gasteiger partial charge is 0.373 e. The lowest BCUT2D eigenvalue weighted by atomic mass is 9.99. The van der Waals surface area contributed by atoms with Crippen molar-refractivity contribution in [2.24, 2.45) is 0 Å². The maximum absolute atomic E-state index is 4.57. The van der Waals surface area contributed by atoms with Crippen molar-refractivity contribution >= 4 is 11.6 Å². The molecule has 1 rings (SSSR count). The topological polar surface area (TPSA) is 41.1 Å². The van der Waals surface area contributed by atoms with E-state index < -0.39 is 0 Å². The van der Waals surface area contributed by atoms with Crippen molar-refractivity contribution in [3.05, 3.63) is 11.4 Å². The van der Waals surface area contributed by atoms with E-state index in [4.69, 9.17) is 0 Å². The molecule has 0 spiro atoms. The van der Waals surface area contributed by atoms with E-state index in [2.05, 4.69) is 54.9 Å². The van der Waals surface area contributed by atoms with Gasteiger partial charge in [-0.15, -0.1) is 0 Å². The molecular formula is C13H24N4. The summed E-state index contributed by atoms with van der Waals surface area (Å²) in [6, 6.07) is 0. The van der Waals surface area contributed by atoms with Crippen LogP contribution >= 0.6 is 0 Å². The molecule has 0 aliphatic rings. The normalized spacial score (nSPS) is 11.5. The quantitative estimate of drug-likeness (QED) is 0.872. The number of nitrogens with one attached hydrogen (secondary N) is 1. The maximum Gasteiger partial charge on any atom is 0.137 e. The van der Waals surface area contributed by atoms with Crippen molar-refractivity contribution in [2.75, 3.05) is 24.3 Å². The highest BCUT2D eigenvalue weighted by molar-refractivity contribution is 5.59. The van der Waals surface area contributed by atoms with Crippen LogP contribution in [0.3, 0.4) is 0 Å². The van der Waals surface area contributed by atoms with Gasteiger partial charge in [0.15, 0.2) is 0 Å². The van der Waals surface area contributed by atoms with Gasteiger partial charge in [-0.3, -0.25) is 0 Å². The summed E-state index contributed by atoms with van der Waals surface area (Å²) in [6.07, 6.45) is 1.07. The average Bonchev–Trinajstić information content (AvgIpc) is 2.30. The second-order valence-electron chi connectivity index (χ2n) is 5.04. The molecule has 1 heterocycles. The number of anilines is 2. The first-order chi connectivity index (χ1) is 7.83. The average molecular weight is 236 g/mol. The number of aryl methyl sites for hydroxylation is 1. The van der Waals surface area contributed by atoms with Gasteiger partial charge in [0.05, 0.1) is 0 Å². The Morgan fingerprint density at radius 1 is 1.24 bits per heavy atom. The minimum absolute atomic E-state index is 0.0938. The molecule has 0 bridgehead atoms. The van der Waals surface area contributed by atoms with Crippen LogP contribution in [-0.2, 0) is 0 Å². The second kappa shape index (κ2) is 4.90. The van der Waals surface area contributed by atoms with Gasteiger partial charge in [0.1, 0.15) is 17.5 Å². The van der Waals surface area contributed by atoms with Gasteiger partial charge in [0, 0.05) is 25.2 Å². The van der Waals surface area contributed by atoms with Crippen molar-refractivity contribution in [3.8, 4) is 0 Å². The SMILES string of the molecule is CCC(C)(C)N(C)c1nc(C)nc(NC)c1C. The fourth-order valence-electron chi connectivity index (χ4n) is 1.71. The lowest BCUT2D eigenvalue weighted by Crippen LogP contribution is -2.41. The van der Waals surface area contributed by atoms with E-state index in [-0.39, 0.29) is 5.54 Å². The van der Waals surface area contributed by atoms with Crippen LogP contribution in [0.2, 0.25) is 0 Å². The van der Waals surface area contributed by atoms with Crippen LogP contribution in [0.25, 0.3) is 0 Å².